The molecule has 0 saturated heterocycles. The maximum absolute atomic E-state index is 3.66. The van der Waals surface area contributed by atoms with Crippen LogP contribution in [-0.2, 0) is 6.42 Å². The molecule has 0 spiro atoms. The van der Waals surface area contributed by atoms with E-state index in [9.17, 15) is 0 Å². The van der Waals surface area contributed by atoms with Crippen LogP contribution in [0.15, 0.2) is 18.2 Å². The van der Waals surface area contributed by atoms with Gasteiger partial charge in [0.05, 0.1) is 0 Å². The number of hydrogen-bond acceptors (Lipinski definition) is 1. The summed E-state index contributed by atoms with van der Waals surface area (Å²) in [4.78, 5) is 0. The largest absolute Gasteiger partial charge is 0.385 e. The average molecular weight is 243 g/mol. The first-order valence-electron chi connectivity index (χ1n) is 7.59. The lowest BCUT2D eigenvalue weighted by Gasteiger charge is -2.34. The summed E-state index contributed by atoms with van der Waals surface area (Å²) in [6.07, 6.45) is 6.71. The Bertz CT molecular complexity index is 414. The predicted octanol–water partition coefficient (Wildman–Crippen LogP) is 4.58. The molecule has 1 aliphatic carbocycles. The molecular weight excluding hydrogens is 218 g/mol. The molecule has 1 saturated carbocycles. The Balaban J connectivity index is 1.91. The maximum atomic E-state index is 3.66. The molecule has 1 heteroatoms. The average Bonchev–Trinajstić information content (AvgIpc) is 2.37. The number of aryl methyl sites for hydroxylation is 1. The van der Waals surface area contributed by atoms with Gasteiger partial charge in [0.25, 0.3) is 0 Å². The van der Waals surface area contributed by atoms with Gasteiger partial charge in [-0.15, -0.1) is 0 Å². The van der Waals surface area contributed by atoms with Gasteiger partial charge in [0, 0.05) is 12.2 Å². The Kier molecular flexibility index (Phi) is 3.32. The zero-order valence-electron chi connectivity index (χ0n) is 11.7. The molecule has 0 aromatic heterocycles. The maximum Gasteiger partial charge on any atom is 0.0408 e. The van der Waals surface area contributed by atoms with Crippen LogP contribution in [0, 0.1) is 11.8 Å². The van der Waals surface area contributed by atoms with Crippen molar-refractivity contribution in [1.29, 1.82) is 0 Å². The van der Waals surface area contributed by atoms with Crippen LogP contribution in [0.4, 0.5) is 5.69 Å². The van der Waals surface area contributed by atoms with Crippen molar-refractivity contribution in [3.63, 3.8) is 0 Å². The Morgan fingerprint density at radius 3 is 2.61 bits per heavy atom. The summed E-state index contributed by atoms with van der Waals surface area (Å²) in [5, 5.41) is 3.66. The van der Waals surface area contributed by atoms with Crippen molar-refractivity contribution in [2.45, 2.75) is 51.9 Å². The lowest BCUT2D eigenvalue weighted by molar-refractivity contribution is 0.268. The summed E-state index contributed by atoms with van der Waals surface area (Å²) in [5.74, 6) is 2.56. The van der Waals surface area contributed by atoms with Gasteiger partial charge in [0.2, 0.25) is 0 Å². The van der Waals surface area contributed by atoms with Gasteiger partial charge in [0.15, 0.2) is 0 Å². The van der Waals surface area contributed by atoms with E-state index in [0.717, 1.165) is 24.3 Å². The second kappa shape index (κ2) is 4.95. The summed E-state index contributed by atoms with van der Waals surface area (Å²) in [7, 11) is 0. The molecule has 1 heterocycles. The van der Waals surface area contributed by atoms with Crippen LogP contribution in [0.5, 0.6) is 0 Å². The second-order valence-corrected chi connectivity index (χ2v) is 6.53. The van der Waals surface area contributed by atoms with Gasteiger partial charge < -0.3 is 5.32 Å². The van der Waals surface area contributed by atoms with Crippen molar-refractivity contribution < 1.29 is 0 Å². The molecule has 1 N–H and O–H groups in total. The number of anilines is 1. The predicted molar refractivity (Wildman–Crippen MR) is 78.2 cm³/mol. The third kappa shape index (κ3) is 2.28. The molecule has 3 rings (SSSR count). The van der Waals surface area contributed by atoms with Crippen molar-refractivity contribution in [3.05, 3.63) is 29.3 Å². The molecule has 2 unspecified atom stereocenters. The van der Waals surface area contributed by atoms with E-state index >= 15 is 0 Å². The van der Waals surface area contributed by atoms with Gasteiger partial charge in [-0.3, -0.25) is 0 Å². The molecule has 1 nitrogen and oxygen atoms in total. The van der Waals surface area contributed by atoms with Crippen LogP contribution in [0.25, 0.3) is 0 Å². The van der Waals surface area contributed by atoms with Gasteiger partial charge in [-0.1, -0.05) is 32.0 Å². The third-order valence-electron chi connectivity index (χ3n) is 4.73. The van der Waals surface area contributed by atoms with Gasteiger partial charge in [-0.05, 0) is 61.0 Å². The zero-order valence-corrected chi connectivity index (χ0v) is 11.7. The first-order valence-corrected chi connectivity index (χ1v) is 7.59. The summed E-state index contributed by atoms with van der Waals surface area (Å²) in [6, 6.07) is 6.94. The van der Waals surface area contributed by atoms with Crippen molar-refractivity contribution in [1.82, 2.24) is 0 Å². The van der Waals surface area contributed by atoms with Crippen LogP contribution < -0.4 is 5.32 Å². The van der Waals surface area contributed by atoms with E-state index in [1.165, 1.54) is 37.8 Å². The highest BCUT2D eigenvalue weighted by Gasteiger charge is 2.27. The topological polar surface area (TPSA) is 12.0 Å². The zero-order chi connectivity index (χ0) is 12.5. The number of hydrogen-bond donors (Lipinski definition) is 1. The molecule has 0 radical (unpaired) electrons. The number of para-hydroxylation sites is 1. The van der Waals surface area contributed by atoms with E-state index in [0.29, 0.717) is 0 Å². The summed E-state index contributed by atoms with van der Waals surface area (Å²) < 4.78 is 0. The van der Waals surface area contributed by atoms with Crippen molar-refractivity contribution in [3.8, 4) is 0 Å². The van der Waals surface area contributed by atoms with E-state index in [-0.39, 0.29) is 0 Å². The highest BCUT2D eigenvalue weighted by Crippen LogP contribution is 2.42. The Morgan fingerprint density at radius 2 is 1.83 bits per heavy atom. The minimum atomic E-state index is 0.782. The SMILES string of the molecule is CC1CC(C)CC(c2cccc3c2NCCC3)C1. The van der Waals surface area contributed by atoms with Gasteiger partial charge in [-0.25, -0.2) is 0 Å². The first kappa shape index (κ1) is 12.1. The van der Waals surface area contributed by atoms with Crippen LogP contribution in [-0.4, -0.2) is 6.54 Å². The molecule has 0 bridgehead atoms. The van der Waals surface area contributed by atoms with Gasteiger partial charge in [-0.2, -0.15) is 0 Å². The summed E-state index contributed by atoms with van der Waals surface area (Å²) >= 11 is 0. The quantitative estimate of drug-likeness (QED) is 0.761. The Labute approximate surface area is 111 Å². The van der Waals surface area contributed by atoms with E-state index in [1.807, 2.05) is 0 Å². The van der Waals surface area contributed by atoms with Gasteiger partial charge in [0.1, 0.15) is 0 Å². The molecule has 2 atom stereocenters. The van der Waals surface area contributed by atoms with Crippen LogP contribution in [0.2, 0.25) is 0 Å². The Morgan fingerprint density at radius 1 is 1.06 bits per heavy atom. The smallest absolute Gasteiger partial charge is 0.0408 e. The van der Waals surface area contributed by atoms with E-state index in [4.69, 9.17) is 0 Å². The molecule has 2 aliphatic rings. The van der Waals surface area contributed by atoms with E-state index in [1.54, 1.807) is 11.1 Å². The van der Waals surface area contributed by atoms with E-state index < -0.39 is 0 Å². The normalized spacial score (nSPS) is 31.6. The summed E-state index contributed by atoms with van der Waals surface area (Å²) in [6.45, 7) is 6.00. The fourth-order valence-corrected chi connectivity index (χ4v) is 4.08. The van der Waals surface area contributed by atoms with Crippen LogP contribution in [0.3, 0.4) is 0 Å². The molecule has 1 aromatic rings. The lowest BCUT2D eigenvalue weighted by Crippen LogP contribution is -2.21. The molecule has 0 amide bonds. The minimum Gasteiger partial charge on any atom is -0.385 e. The highest BCUT2D eigenvalue weighted by molar-refractivity contribution is 5.60. The number of nitrogens with one attached hydrogen (secondary N) is 1. The van der Waals surface area contributed by atoms with Crippen molar-refractivity contribution in [2.75, 3.05) is 11.9 Å². The first-order chi connectivity index (χ1) is 8.74. The standard InChI is InChI=1S/C17H25N/c1-12-9-13(2)11-15(10-12)16-7-3-5-14-6-4-8-18-17(14)16/h3,5,7,12-13,15,18H,4,6,8-11H2,1-2H3. The van der Waals surface area contributed by atoms with Crippen LogP contribution in [0.1, 0.15) is 56.6 Å². The number of fused-ring (bicyclic) bond motifs is 1. The van der Waals surface area contributed by atoms with E-state index in [2.05, 4.69) is 37.4 Å². The number of rotatable bonds is 1. The third-order valence-corrected chi connectivity index (χ3v) is 4.73. The highest BCUT2D eigenvalue weighted by atomic mass is 14.9. The molecule has 1 fully saturated rings. The fraction of sp³-hybridized carbons (Fsp3) is 0.647. The van der Waals surface area contributed by atoms with Crippen LogP contribution >= 0.6 is 0 Å². The molecule has 1 aromatic carbocycles. The fourth-order valence-electron chi connectivity index (χ4n) is 4.08. The minimum absolute atomic E-state index is 0.782. The molecular formula is C17H25N. The Hall–Kier alpha value is -0.980. The van der Waals surface area contributed by atoms with Crippen molar-refractivity contribution in [2.24, 2.45) is 11.8 Å². The number of benzene rings is 1. The summed E-state index contributed by atoms with van der Waals surface area (Å²) in [5.41, 5.74) is 4.63. The monoisotopic (exact) mass is 243 g/mol. The molecule has 1 aliphatic heterocycles. The van der Waals surface area contributed by atoms with Crippen molar-refractivity contribution >= 4 is 5.69 Å². The molecule has 98 valence electrons. The molecule has 18 heavy (non-hydrogen) atoms. The lowest BCUT2D eigenvalue weighted by atomic mass is 9.73. The van der Waals surface area contributed by atoms with Gasteiger partial charge >= 0.3 is 0 Å². The second-order valence-electron chi connectivity index (χ2n) is 6.53.